The molecule has 0 unspecified atom stereocenters. The van der Waals surface area contributed by atoms with Crippen molar-refractivity contribution in [3.8, 4) is 0 Å². The van der Waals surface area contributed by atoms with E-state index in [0.717, 1.165) is 6.42 Å². The zero-order valence-electron chi connectivity index (χ0n) is 18.8. The van der Waals surface area contributed by atoms with Crippen LogP contribution in [0.25, 0.3) is 0 Å². The van der Waals surface area contributed by atoms with Crippen LogP contribution in [0.4, 0.5) is 5.82 Å². The minimum absolute atomic E-state index is 0.0679. The van der Waals surface area contributed by atoms with Gasteiger partial charge in [0.15, 0.2) is 6.23 Å². The minimum atomic E-state index is -1.08. The zero-order chi connectivity index (χ0) is 24.0. The number of hydrogen-bond donors (Lipinski definition) is 1. The number of ether oxygens (including phenoxy) is 3. The lowest BCUT2D eigenvalue weighted by molar-refractivity contribution is -0.149. The van der Waals surface area contributed by atoms with Crippen LogP contribution in [-0.4, -0.2) is 52.9 Å². The second-order valence-electron chi connectivity index (χ2n) is 7.68. The number of aromatic nitrogens is 2. The van der Waals surface area contributed by atoms with Gasteiger partial charge in [0, 0.05) is 37.6 Å². The van der Waals surface area contributed by atoms with Crippen molar-refractivity contribution in [1.82, 2.24) is 9.97 Å². The Morgan fingerprint density at radius 2 is 1.91 bits per heavy atom. The van der Waals surface area contributed by atoms with Crippen molar-refractivity contribution in [2.45, 2.75) is 58.5 Å². The van der Waals surface area contributed by atoms with Crippen molar-refractivity contribution in [2.75, 3.05) is 11.5 Å². The van der Waals surface area contributed by atoms with Gasteiger partial charge in [0.1, 0.15) is 18.5 Å². The van der Waals surface area contributed by atoms with Gasteiger partial charge in [-0.05, 0) is 18.6 Å². The van der Waals surface area contributed by atoms with Crippen LogP contribution in [0.1, 0.15) is 49.5 Å². The molecule has 1 aliphatic rings. The van der Waals surface area contributed by atoms with E-state index in [1.807, 2.05) is 6.92 Å². The Kier molecular flexibility index (Phi) is 7.94. The van der Waals surface area contributed by atoms with Crippen molar-refractivity contribution in [3.05, 3.63) is 58.1 Å². The predicted molar refractivity (Wildman–Crippen MR) is 118 cm³/mol. The summed E-state index contributed by atoms with van der Waals surface area (Å²) in [6, 6.07) is 8.47. The second kappa shape index (κ2) is 10.9. The number of carbonyl (C=O) groups excluding carboxylic acids is 3. The first-order valence-electron chi connectivity index (χ1n) is 10.7. The molecule has 1 aromatic heterocycles. The number of nitrogens with one attached hydrogen (secondary N) is 1. The van der Waals surface area contributed by atoms with E-state index < -0.39 is 42.0 Å². The molecule has 1 aromatic carbocycles. The average Bonchev–Trinajstić information content (AvgIpc) is 3.16. The first-order chi connectivity index (χ1) is 15.8. The van der Waals surface area contributed by atoms with Crippen molar-refractivity contribution in [2.24, 2.45) is 0 Å². The fourth-order valence-electron chi connectivity index (χ4n) is 3.71. The molecule has 0 spiro atoms. The molecule has 1 N–H and O–H groups in total. The van der Waals surface area contributed by atoms with E-state index in [1.54, 1.807) is 30.3 Å². The van der Waals surface area contributed by atoms with Gasteiger partial charge in [-0.25, -0.2) is 4.79 Å². The van der Waals surface area contributed by atoms with Crippen molar-refractivity contribution >= 4 is 23.7 Å². The molecule has 0 saturated carbocycles. The fourth-order valence-corrected chi connectivity index (χ4v) is 3.71. The van der Waals surface area contributed by atoms with Crippen LogP contribution in [0.3, 0.4) is 0 Å². The summed E-state index contributed by atoms with van der Waals surface area (Å²) >= 11 is 0. The van der Waals surface area contributed by atoms with E-state index in [0.29, 0.717) is 17.5 Å². The molecule has 0 bridgehead atoms. The monoisotopic (exact) mass is 457 g/mol. The van der Waals surface area contributed by atoms with Gasteiger partial charge in [0.05, 0.1) is 6.10 Å². The Balaban J connectivity index is 2.08. The SMILES string of the molecule is CCCc1c[nH]c(=O)nc1N(C(=O)c1ccccc1)[C@@H]1O[C@H](COC(C)=O)C[C@H]1OC(C)=O. The first-order valence-corrected chi connectivity index (χ1v) is 10.7. The number of esters is 2. The molecule has 0 aliphatic carbocycles. The molecular formula is C23H27N3O7. The maximum Gasteiger partial charge on any atom is 0.346 e. The Bertz CT molecular complexity index is 1050. The van der Waals surface area contributed by atoms with Crippen LogP contribution in [0, 0.1) is 0 Å². The van der Waals surface area contributed by atoms with E-state index in [-0.39, 0.29) is 18.8 Å². The number of rotatable bonds is 8. The Morgan fingerprint density at radius 1 is 1.18 bits per heavy atom. The Morgan fingerprint density at radius 3 is 2.55 bits per heavy atom. The van der Waals surface area contributed by atoms with E-state index in [1.165, 1.54) is 24.9 Å². The smallest absolute Gasteiger partial charge is 0.346 e. The highest BCUT2D eigenvalue weighted by molar-refractivity contribution is 6.06. The maximum atomic E-state index is 13.7. The van der Waals surface area contributed by atoms with E-state index in [9.17, 15) is 19.2 Å². The standard InChI is InChI=1S/C23H27N3O7/c1-4-8-17-12-24-23(30)25-20(17)26(21(29)16-9-6-5-7-10-16)22-19(32-15(3)28)11-18(33-22)13-31-14(2)27/h5-7,9-10,12,18-19,22H,4,8,11,13H2,1-3H3,(H,24,25,30)/t18-,19+,22+/m0/s1. The molecule has 3 atom stereocenters. The lowest BCUT2D eigenvalue weighted by Crippen LogP contribution is -2.48. The number of aromatic amines is 1. The van der Waals surface area contributed by atoms with Gasteiger partial charge < -0.3 is 19.2 Å². The third kappa shape index (κ3) is 6.04. The van der Waals surface area contributed by atoms with Gasteiger partial charge in [-0.15, -0.1) is 0 Å². The van der Waals surface area contributed by atoms with Crippen molar-refractivity contribution in [1.29, 1.82) is 0 Å². The van der Waals surface area contributed by atoms with Crippen molar-refractivity contribution in [3.63, 3.8) is 0 Å². The van der Waals surface area contributed by atoms with Gasteiger partial charge in [-0.3, -0.25) is 19.3 Å². The molecule has 10 heteroatoms. The Labute approximate surface area is 190 Å². The number of amides is 1. The van der Waals surface area contributed by atoms with Gasteiger partial charge in [0.25, 0.3) is 5.91 Å². The van der Waals surface area contributed by atoms with Crippen LogP contribution >= 0.6 is 0 Å². The van der Waals surface area contributed by atoms with E-state index in [2.05, 4.69) is 9.97 Å². The highest BCUT2D eigenvalue weighted by Gasteiger charge is 2.45. The summed E-state index contributed by atoms with van der Waals surface area (Å²) in [6.07, 6.45) is 0.444. The molecule has 1 saturated heterocycles. The van der Waals surface area contributed by atoms with E-state index >= 15 is 0 Å². The number of anilines is 1. The molecule has 1 fully saturated rings. The van der Waals surface area contributed by atoms with Crippen LogP contribution in [0.15, 0.2) is 41.3 Å². The normalized spacial score (nSPS) is 19.7. The van der Waals surface area contributed by atoms with Gasteiger partial charge in [0.2, 0.25) is 0 Å². The summed E-state index contributed by atoms with van der Waals surface area (Å²) in [5.74, 6) is -1.38. The highest BCUT2D eigenvalue weighted by Crippen LogP contribution is 2.32. The topological polar surface area (TPSA) is 128 Å². The molecular weight excluding hydrogens is 430 g/mol. The summed E-state index contributed by atoms with van der Waals surface area (Å²) < 4.78 is 16.6. The van der Waals surface area contributed by atoms with Crippen LogP contribution in [-0.2, 0) is 30.2 Å². The molecule has 0 radical (unpaired) electrons. The minimum Gasteiger partial charge on any atom is -0.463 e. The zero-order valence-corrected chi connectivity index (χ0v) is 18.8. The largest absolute Gasteiger partial charge is 0.463 e. The Hall–Kier alpha value is -3.53. The quantitative estimate of drug-likeness (QED) is 0.596. The summed E-state index contributed by atoms with van der Waals surface area (Å²) in [5, 5.41) is 0. The molecule has 33 heavy (non-hydrogen) atoms. The lowest BCUT2D eigenvalue weighted by atomic mass is 10.1. The third-order valence-corrected chi connectivity index (χ3v) is 5.04. The molecule has 176 valence electrons. The third-order valence-electron chi connectivity index (χ3n) is 5.04. The summed E-state index contributed by atoms with van der Waals surface area (Å²) in [6.45, 7) is 4.43. The van der Waals surface area contributed by atoms with Gasteiger partial charge in [-0.2, -0.15) is 4.98 Å². The maximum absolute atomic E-state index is 13.7. The number of nitrogens with zero attached hydrogens (tertiary/aromatic N) is 2. The van der Waals surface area contributed by atoms with E-state index in [4.69, 9.17) is 14.2 Å². The first kappa shape index (κ1) is 24.1. The predicted octanol–water partition coefficient (Wildman–Crippen LogP) is 1.98. The van der Waals surface area contributed by atoms with Gasteiger partial charge >= 0.3 is 17.6 Å². The lowest BCUT2D eigenvalue weighted by Gasteiger charge is -2.32. The van der Waals surface area contributed by atoms with Crippen LogP contribution in [0.2, 0.25) is 0 Å². The average molecular weight is 457 g/mol. The number of H-pyrrole nitrogens is 1. The van der Waals surface area contributed by atoms with Crippen LogP contribution < -0.4 is 10.6 Å². The highest BCUT2D eigenvalue weighted by atomic mass is 16.6. The molecule has 10 nitrogen and oxygen atoms in total. The number of benzene rings is 1. The molecule has 2 aromatic rings. The molecule has 2 heterocycles. The molecule has 1 aliphatic heterocycles. The number of carbonyl (C=O) groups is 3. The fraction of sp³-hybridized carbons (Fsp3) is 0.435. The summed E-state index contributed by atoms with van der Waals surface area (Å²) in [5.41, 5.74) is 0.347. The van der Waals surface area contributed by atoms with Crippen LogP contribution in [0.5, 0.6) is 0 Å². The summed E-state index contributed by atoms with van der Waals surface area (Å²) in [7, 11) is 0. The molecule has 3 rings (SSSR count). The number of aryl methyl sites for hydroxylation is 1. The molecule has 1 amide bonds. The van der Waals surface area contributed by atoms with Gasteiger partial charge in [-0.1, -0.05) is 31.5 Å². The van der Waals surface area contributed by atoms with Crippen molar-refractivity contribution < 1.29 is 28.6 Å². The second-order valence-corrected chi connectivity index (χ2v) is 7.68. The summed E-state index contributed by atoms with van der Waals surface area (Å²) in [4.78, 5) is 56.8. The number of hydrogen-bond acceptors (Lipinski definition) is 8.